The van der Waals surface area contributed by atoms with Crippen molar-refractivity contribution in [1.29, 1.82) is 0 Å². The van der Waals surface area contributed by atoms with Crippen molar-refractivity contribution in [3.8, 4) is 0 Å². The molecule has 0 fully saturated rings. The highest BCUT2D eigenvalue weighted by atomic mass is 35.5. The number of halogens is 2. The summed E-state index contributed by atoms with van der Waals surface area (Å²) in [6.07, 6.45) is 0. The van der Waals surface area contributed by atoms with Crippen LogP contribution in [-0.2, 0) is 0 Å². The summed E-state index contributed by atoms with van der Waals surface area (Å²) >= 11 is 10.8. The summed E-state index contributed by atoms with van der Waals surface area (Å²) in [6, 6.07) is 1.44. The van der Waals surface area contributed by atoms with Crippen molar-refractivity contribution in [3.63, 3.8) is 0 Å². The van der Waals surface area contributed by atoms with Gasteiger partial charge in [0.25, 0.3) is 0 Å². The van der Waals surface area contributed by atoms with E-state index in [0.717, 1.165) is 0 Å². The first-order valence-electron chi connectivity index (χ1n) is 2.14. The Morgan fingerprint density at radius 3 is 2.44 bits per heavy atom. The molecule has 1 rings (SSSR count). The van der Waals surface area contributed by atoms with Crippen LogP contribution in [0.5, 0.6) is 0 Å². The van der Waals surface area contributed by atoms with E-state index in [9.17, 15) is 0 Å². The van der Waals surface area contributed by atoms with E-state index in [1.54, 1.807) is 0 Å². The van der Waals surface area contributed by atoms with Crippen LogP contribution in [0.3, 0.4) is 0 Å². The fourth-order valence-corrected chi connectivity index (χ4v) is 0.614. The van der Waals surface area contributed by atoms with Crippen LogP contribution in [0.1, 0.15) is 0 Å². The third kappa shape index (κ3) is 1.56. The van der Waals surface area contributed by atoms with Crippen molar-refractivity contribution in [3.05, 3.63) is 16.4 Å². The van der Waals surface area contributed by atoms with Gasteiger partial charge in [-0.2, -0.15) is 0 Å². The number of rotatable bonds is 0. The molecule has 0 unspecified atom stereocenters. The highest BCUT2D eigenvalue weighted by molar-refractivity contribution is 6.45. The molecular weight excluding hydrogens is 158 g/mol. The molecule has 0 saturated heterocycles. The first-order valence-corrected chi connectivity index (χ1v) is 2.90. The Morgan fingerprint density at radius 1 is 1.33 bits per heavy atom. The zero-order valence-electron chi connectivity index (χ0n) is 4.31. The van der Waals surface area contributed by atoms with Gasteiger partial charge in [0.1, 0.15) is 13.0 Å². The van der Waals surface area contributed by atoms with Gasteiger partial charge in [-0.3, -0.25) is 0 Å². The predicted octanol–water partition coefficient (Wildman–Crippen LogP) is 0.577. The smallest absolute Gasteiger partial charge is 0.138 e. The second-order valence-corrected chi connectivity index (χ2v) is 2.16. The Bertz CT molecular complexity index is 228. The summed E-state index contributed by atoms with van der Waals surface area (Å²) in [6.45, 7) is 0. The maximum atomic E-state index is 5.42. The van der Waals surface area contributed by atoms with Gasteiger partial charge in [0, 0.05) is 0 Å². The van der Waals surface area contributed by atoms with Gasteiger partial charge in [0.05, 0.1) is 0 Å². The molecule has 0 atom stereocenters. The standard InChI is InChI=1S/C4HBCl2N2/c5-2-1-3(6)8-9-4(2)7/h1H. The molecule has 0 N–H and O–H groups in total. The van der Waals surface area contributed by atoms with Crippen LogP contribution in [0.4, 0.5) is 0 Å². The van der Waals surface area contributed by atoms with E-state index >= 15 is 0 Å². The third-order valence-corrected chi connectivity index (χ3v) is 1.22. The summed E-state index contributed by atoms with van der Waals surface area (Å²) in [5, 5.41) is 7.31. The second-order valence-electron chi connectivity index (χ2n) is 1.41. The maximum absolute atomic E-state index is 5.42. The number of hydrogen-bond donors (Lipinski definition) is 0. The quantitative estimate of drug-likeness (QED) is 0.517. The largest absolute Gasteiger partial charge is 0.151 e. The molecule has 0 saturated carbocycles. The van der Waals surface area contributed by atoms with E-state index in [4.69, 9.17) is 31.0 Å². The summed E-state index contributed by atoms with van der Waals surface area (Å²) in [4.78, 5) is 0. The first kappa shape index (κ1) is 6.84. The minimum Gasteiger partial charge on any atom is -0.138 e. The molecule has 0 aromatic carbocycles. The van der Waals surface area contributed by atoms with Crippen molar-refractivity contribution in [2.45, 2.75) is 0 Å². The van der Waals surface area contributed by atoms with E-state index in [1.165, 1.54) is 6.07 Å². The zero-order valence-corrected chi connectivity index (χ0v) is 5.82. The Labute approximate surface area is 63.6 Å². The average Bonchev–Trinajstić information content (AvgIpc) is 1.80. The SMILES string of the molecule is [B]c1cc(Cl)nnc1Cl. The number of aromatic nitrogens is 2. The van der Waals surface area contributed by atoms with Gasteiger partial charge >= 0.3 is 0 Å². The Morgan fingerprint density at radius 2 is 2.00 bits per heavy atom. The molecule has 1 aromatic rings. The lowest BCUT2D eigenvalue weighted by Crippen LogP contribution is -2.06. The second kappa shape index (κ2) is 2.54. The summed E-state index contributed by atoms with van der Waals surface area (Å²) < 4.78 is 0. The van der Waals surface area contributed by atoms with Crippen LogP contribution >= 0.6 is 23.2 Å². The molecule has 0 aliphatic heterocycles. The normalized spacial score (nSPS) is 9.56. The highest BCUT2D eigenvalue weighted by Gasteiger charge is 1.95. The van der Waals surface area contributed by atoms with Crippen LogP contribution in [0.2, 0.25) is 10.3 Å². The topological polar surface area (TPSA) is 25.8 Å². The average molecular weight is 159 g/mol. The summed E-state index contributed by atoms with van der Waals surface area (Å²) in [7, 11) is 5.30. The molecule has 2 nitrogen and oxygen atoms in total. The van der Waals surface area contributed by atoms with Crippen molar-refractivity contribution in [2.24, 2.45) is 0 Å². The molecule has 0 amide bonds. The van der Waals surface area contributed by atoms with Gasteiger partial charge < -0.3 is 0 Å². The molecule has 1 aromatic heterocycles. The van der Waals surface area contributed by atoms with Gasteiger partial charge in [0.15, 0.2) is 5.15 Å². The van der Waals surface area contributed by atoms with E-state index in [2.05, 4.69) is 10.2 Å². The van der Waals surface area contributed by atoms with Crippen LogP contribution < -0.4 is 5.46 Å². The maximum Gasteiger partial charge on any atom is 0.151 e. The van der Waals surface area contributed by atoms with Crippen molar-refractivity contribution >= 4 is 36.5 Å². The molecule has 44 valence electrons. The van der Waals surface area contributed by atoms with Crippen molar-refractivity contribution < 1.29 is 0 Å². The van der Waals surface area contributed by atoms with Gasteiger partial charge in [-0.15, -0.1) is 10.2 Å². The molecule has 0 aliphatic carbocycles. The third-order valence-electron chi connectivity index (χ3n) is 0.746. The van der Waals surface area contributed by atoms with Crippen LogP contribution in [0.15, 0.2) is 6.07 Å². The van der Waals surface area contributed by atoms with Crippen molar-refractivity contribution in [2.75, 3.05) is 0 Å². The zero-order chi connectivity index (χ0) is 6.85. The van der Waals surface area contributed by atoms with E-state index in [-0.39, 0.29) is 10.3 Å². The molecule has 2 radical (unpaired) electrons. The lowest BCUT2D eigenvalue weighted by Gasteiger charge is -1.92. The van der Waals surface area contributed by atoms with E-state index < -0.39 is 0 Å². The first-order chi connectivity index (χ1) is 4.20. The van der Waals surface area contributed by atoms with Gasteiger partial charge in [-0.25, -0.2) is 0 Å². The van der Waals surface area contributed by atoms with Crippen LogP contribution in [-0.4, -0.2) is 18.0 Å². The van der Waals surface area contributed by atoms with Gasteiger partial charge in [-0.1, -0.05) is 28.7 Å². The van der Waals surface area contributed by atoms with E-state index in [0.29, 0.717) is 5.46 Å². The van der Waals surface area contributed by atoms with Crippen LogP contribution in [0.25, 0.3) is 0 Å². The summed E-state index contributed by atoms with van der Waals surface area (Å²) in [5.74, 6) is 0. The number of hydrogen-bond acceptors (Lipinski definition) is 2. The molecule has 0 spiro atoms. The lowest BCUT2D eigenvalue weighted by atomic mass is 10.00. The monoisotopic (exact) mass is 158 g/mol. The minimum absolute atomic E-state index is 0.180. The van der Waals surface area contributed by atoms with Crippen molar-refractivity contribution in [1.82, 2.24) is 10.2 Å². The van der Waals surface area contributed by atoms with Gasteiger partial charge in [0.2, 0.25) is 0 Å². The molecule has 1 heterocycles. The fourth-order valence-electron chi connectivity index (χ4n) is 0.366. The molecule has 5 heteroatoms. The number of nitrogens with zero attached hydrogens (tertiary/aromatic N) is 2. The fraction of sp³-hybridized carbons (Fsp3) is 0. The Kier molecular flexibility index (Phi) is 1.93. The summed E-state index contributed by atoms with van der Waals surface area (Å²) in [5.41, 5.74) is 0.344. The highest BCUT2D eigenvalue weighted by Crippen LogP contribution is 2.02. The molecule has 9 heavy (non-hydrogen) atoms. The van der Waals surface area contributed by atoms with E-state index in [1.807, 2.05) is 0 Å². The molecular formula is C4HBCl2N2. The Balaban J connectivity index is 3.17. The predicted molar refractivity (Wildman–Crippen MR) is 37.4 cm³/mol. The molecule has 0 aliphatic rings. The Hall–Kier alpha value is -0.275. The van der Waals surface area contributed by atoms with Gasteiger partial charge in [-0.05, 0) is 6.07 Å². The minimum atomic E-state index is 0.180. The lowest BCUT2D eigenvalue weighted by molar-refractivity contribution is 1.04. The van der Waals surface area contributed by atoms with Crippen LogP contribution in [0, 0.1) is 0 Å². The molecule has 0 bridgehead atoms.